The standard InChI is InChI=1S/C23H23BrN4O2/c1-3-11-25-22(30)28-12-10-16-15-6-4-5-7-18(15)26-20(16)23(28)17-13-14(24)8-9-19(17)27(2)21(23)29/h4-9,13,26H,3,10-12H2,1-2H3,(H,25,30). The molecule has 6 nitrogen and oxygen atoms in total. The molecule has 5 rings (SSSR count). The van der Waals surface area contributed by atoms with Crippen molar-refractivity contribution in [2.75, 3.05) is 25.0 Å². The van der Waals surface area contributed by atoms with Gasteiger partial charge in [-0.2, -0.15) is 0 Å². The molecule has 1 atom stereocenters. The van der Waals surface area contributed by atoms with E-state index in [4.69, 9.17) is 0 Å². The smallest absolute Gasteiger partial charge is 0.318 e. The van der Waals surface area contributed by atoms with Crippen molar-refractivity contribution in [2.24, 2.45) is 0 Å². The number of nitrogens with one attached hydrogen (secondary N) is 2. The van der Waals surface area contributed by atoms with Crippen LogP contribution in [0.1, 0.15) is 30.2 Å². The van der Waals surface area contributed by atoms with Crippen LogP contribution >= 0.6 is 15.9 Å². The predicted octanol–water partition coefficient (Wildman–Crippen LogP) is 4.13. The highest BCUT2D eigenvalue weighted by Gasteiger charge is 2.60. The summed E-state index contributed by atoms with van der Waals surface area (Å²) in [5.41, 5.74) is 3.33. The summed E-state index contributed by atoms with van der Waals surface area (Å²) in [5, 5.41) is 4.10. The van der Waals surface area contributed by atoms with E-state index in [0.717, 1.165) is 44.3 Å². The van der Waals surface area contributed by atoms with E-state index in [1.807, 2.05) is 43.3 Å². The number of likely N-dealkylation sites (N-methyl/N-ethyl adjacent to an activating group) is 1. The maximum atomic E-state index is 13.9. The van der Waals surface area contributed by atoms with Crippen LogP contribution in [0.5, 0.6) is 0 Å². The molecule has 1 unspecified atom stereocenters. The van der Waals surface area contributed by atoms with E-state index in [1.165, 1.54) is 0 Å². The molecule has 0 saturated heterocycles. The molecule has 0 bridgehead atoms. The molecule has 1 aromatic heterocycles. The van der Waals surface area contributed by atoms with Crippen LogP contribution in [-0.2, 0) is 16.8 Å². The Bertz CT molecular complexity index is 1190. The highest BCUT2D eigenvalue weighted by atomic mass is 79.9. The molecular formula is C23H23BrN4O2. The molecule has 2 aliphatic heterocycles. The number of benzene rings is 2. The van der Waals surface area contributed by atoms with E-state index >= 15 is 0 Å². The summed E-state index contributed by atoms with van der Waals surface area (Å²) in [6, 6.07) is 13.7. The summed E-state index contributed by atoms with van der Waals surface area (Å²) >= 11 is 3.57. The lowest BCUT2D eigenvalue weighted by Crippen LogP contribution is -2.61. The third kappa shape index (κ3) is 2.41. The molecule has 30 heavy (non-hydrogen) atoms. The van der Waals surface area contributed by atoms with Crippen molar-refractivity contribution in [3.8, 4) is 0 Å². The molecule has 7 heteroatoms. The first-order valence-corrected chi connectivity index (χ1v) is 11.0. The number of para-hydroxylation sites is 1. The van der Waals surface area contributed by atoms with Crippen molar-refractivity contribution in [1.82, 2.24) is 15.2 Å². The maximum Gasteiger partial charge on any atom is 0.318 e. The Hall–Kier alpha value is -2.80. The highest BCUT2D eigenvalue weighted by molar-refractivity contribution is 9.10. The number of rotatable bonds is 2. The van der Waals surface area contributed by atoms with Crippen LogP contribution in [0.25, 0.3) is 10.9 Å². The van der Waals surface area contributed by atoms with Crippen molar-refractivity contribution in [3.63, 3.8) is 0 Å². The molecule has 2 aromatic carbocycles. The zero-order valence-electron chi connectivity index (χ0n) is 17.0. The lowest BCUT2D eigenvalue weighted by molar-refractivity contribution is -0.126. The Kier molecular flexibility index (Phi) is 4.39. The topological polar surface area (TPSA) is 68.4 Å². The maximum absolute atomic E-state index is 13.9. The lowest BCUT2D eigenvalue weighted by atomic mass is 9.80. The number of H-pyrrole nitrogens is 1. The average molecular weight is 467 g/mol. The number of hydrogen-bond donors (Lipinski definition) is 2. The number of aromatic nitrogens is 1. The van der Waals surface area contributed by atoms with E-state index in [0.29, 0.717) is 19.5 Å². The first-order chi connectivity index (χ1) is 14.5. The molecular weight excluding hydrogens is 444 g/mol. The van der Waals surface area contributed by atoms with E-state index < -0.39 is 5.54 Å². The van der Waals surface area contributed by atoms with Gasteiger partial charge in [0.25, 0.3) is 5.91 Å². The monoisotopic (exact) mass is 466 g/mol. The van der Waals surface area contributed by atoms with Gasteiger partial charge in [-0.05, 0) is 42.7 Å². The Morgan fingerprint density at radius 2 is 2.07 bits per heavy atom. The van der Waals surface area contributed by atoms with E-state index in [9.17, 15) is 9.59 Å². The summed E-state index contributed by atoms with van der Waals surface area (Å²) in [5.74, 6) is -0.116. The van der Waals surface area contributed by atoms with Crippen LogP contribution in [0.2, 0.25) is 0 Å². The fraction of sp³-hybridized carbons (Fsp3) is 0.304. The van der Waals surface area contributed by atoms with Crippen LogP contribution in [0.15, 0.2) is 46.9 Å². The van der Waals surface area contributed by atoms with Gasteiger partial charge in [0.15, 0.2) is 5.54 Å². The van der Waals surface area contributed by atoms with Crippen LogP contribution in [-0.4, -0.2) is 42.0 Å². The minimum atomic E-state index is -1.21. The SMILES string of the molecule is CCCNC(=O)N1CCc2c([nH]c3ccccc23)C12C(=O)N(C)c1ccc(Br)cc12. The molecule has 0 fully saturated rings. The number of hydrogen-bond acceptors (Lipinski definition) is 2. The zero-order chi connectivity index (χ0) is 21.0. The molecule has 154 valence electrons. The number of urea groups is 1. The van der Waals surface area contributed by atoms with Gasteiger partial charge in [-0.1, -0.05) is 41.1 Å². The van der Waals surface area contributed by atoms with Crippen molar-refractivity contribution < 1.29 is 9.59 Å². The van der Waals surface area contributed by atoms with Gasteiger partial charge in [0.1, 0.15) is 0 Å². The molecule has 3 heterocycles. The number of carbonyl (C=O) groups excluding carboxylic acids is 2. The number of fused-ring (bicyclic) bond motifs is 6. The van der Waals surface area contributed by atoms with Gasteiger partial charge in [0, 0.05) is 46.8 Å². The fourth-order valence-corrected chi connectivity index (χ4v) is 5.30. The minimum Gasteiger partial charge on any atom is -0.355 e. The molecule has 2 N–H and O–H groups in total. The average Bonchev–Trinajstić information content (AvgIpc) is 3.23. The van der Waals surface area contributed by atoms with Crippen LogP contribution in [0.3, 0.4) is 0 Å². The number of amides is 3. The molecule has 2 aliphatic rings. The molecule has 3 aromatic rings. The zero-order valence-corrected chi connectivity index (χ0v) is 18.5. The summed E-state index contributed by atoms with van der Waals surface area (Å²) in [4.78, 5) is 34.2. The molecule has 0 aliphatic carbocycles. The summed E-state index contributed by atoms with van der Waals surface area (Å²) in [6.45, 7) is 3.05. The molecule has 0 saturated carbocycles. The summed E-state index contributed by atoms with van der Waals surface area (Å²) in [6.07, 6.45) is 1.53. The van der Waals surface area contributed by atoms with E-state index in [2.05, 4.69) is 32.3 Å². The van der Waals surface area contributed by atoms with Gasteiger partial charge >= 0.3 is 6.03 Å². The largest absolute Gasteiger partial charge is 0.355 e. The second-order valence-corrected chi connectivity index (χ2v) is 8.81. The Labute approximate surface area is 183 Å². The number of aromatic amines is 1. The summed E-state index contributed by atoms with van der Waals surface area (Å²) < 4.78 is 0.876. The number of anilines is 1. The number of carbonyl (C=O) groups is 2. The van der Waals surface area contributed by atoms with Gasteiger partial charge in [0.05, 0.1) is 5.69 Å². The van der Waals surface area contributed by atoms with Gasteiger partial charge in [0.2, 0.25) is 0 Å². The predicted molar refractivity (Wildman–Crippen MR) is 121 cm³/mol. The molecule has 1 spiro atoms. The van der Waals surface area contributed by atoms with Crippen molar-refractivity contribution in [3.05, 3.63) is 63.8 Å². The normalized spacial score (nSPS) is 20.0. The quantitative estimate of drug-likeness (QED) is 0.595. The first-order valence-electron chi connectivity index (χ1n) is 10.2. The number of nitrogens with zero attached hydrogens (tertiary/aromatic N) is 2. The van der Waals surface area contributed by atoms with Gasteiger partial charge in [-0.15, -0.1) is 0 Å². The minimum absolute atomic E-state index is 0.116. The lowest BCUT2D eigenvalue weighted by Gasteiger charge is -2.43. The van der Waals surface area contributed by atoms with E-state index in [1.54, 1.807) is 16.8 Å². The fourth-order valence-electron chi connectivity index (χ4n) is 4.94. The second kappa shape index (κ2) is 6.87. The molecule has 3 amide bonds. The van der Waals surface area contributed by atoms with Crippen LogP contribution in [0, 0.1) is 0 Å². The van der Waals surface area contributed by atoms with Gasteiger partial charge in [-0.25, -0.2) is 4.79 Å². The third-order valence-corrected chi connectivity index (χ3v) is 6.75. The van der Waals surface area contributed by atoms with E-state index in [-0.39, 0.29) is 11.9 Å². The number of halogens is 1. The van der Waals surface area contributed by atoms with Crippen LogP contribution in [0.4, 0.5) is 10.5 Å². The van der Waals surface area contributed by atoms with Gasteiger partial charge in [-0.3, -0.25) is 4.79 Å². The van der Waals surface area contributed by atoms with Gasteiger partial charge < -0.3 is 20.1 Å². The van der Waals surface area contributed by atoms with Crippen molar-refractivity contribution in [1.29, 1.82) is 0 Å². The first kappa shape index (κ1) is 19.2. The highest BCUT2D eigenvalue weighted by Crippen LogP contribution is 2.52. The molecule has 0 radical (unpaired) electrons. The Morgan fingerprint density at radius 1 is 1.27 bits per heavy atom. The second-order valence-electron chi connectivity index (χ2n) is 7.89. The van der Waals surface area contributed by atoms with Crippen molar-refractivity contribution >= 4 is 44.5 Å². The third-order valence-electron chi connectivity index (χ3n) is 6.26. The Balaban J connectivity index is 1.83. The summed E-state index contributed by atoms with van der Waals surface area (Å²) in [7, 11) is 1.78. The van der Waals surface area contributed by atoms with Crippen molar-refractivity contribution in [2.45, 2.75) is 25.3 Å². The Morgan fingerprint density at radius 3 is 2.87 bits per heavy atom. The van der Waals surface area contributed by atoms with Crippen LogP contribution < -0.4 is 10.2 Å².